The van der Waals surface area contributed by atoms with Crippen LogP contribution in [0.3, 0.4) is 0 Å². The van der Waals surface area contributed by atoms with E-state index in [-0.39, 0.29) is 11.9 Å². The van der Waals surface area contributed by atoms with Crippen LogP contribution in [0.5, 0.6) is 6.01 Å². The number of ether oxygens (including phenoxy) is 1. The molecule has 0 N–H and O–H groups in total. The summed E-state index contributed by atoms with van der Waals surface area (Å²) in [6.45, 7) is 2.90. The van der Waals surface area contributed by atoms with Crippen molar-refractivity contribution in [1.82, 2.24) is 14.9 Å². The number of aromatic nitrogens is 2. The predicted octanol–water partition coefficient (Wildman–Crippen LogP) is 4.77. The van der Waals surface area contributed by atoms with E-state index in [4.69, 9.17) is 26.3 Å². The fourth-order valence-electron chi connectivity index (χ4n) is 5.18. The fourth-order valence-corrected chi connectivity index (χ4v) is 5.71. The van der Waals surface area contributed by atoms with Crippen LogP contribution in [0.1, 0.15) is 17.7 Å². The molecule has 0 radical (unpaired) electrons. The normalized spacial score (nSPS) is 17.6. The average Bonchev–Trinajstić information content (AvgIpc) is 3.41. The summed E-state index contributed by atoms with van der Waals surface area (Å²) < 4.78 is 5.50. The maximum Gasteiger partial charge on any atom is 0.318 e. The number of halogens is 1. The number of methoxy groups -OCH3 is 1. The highest BCUT2D eigenvalue weighted by Crippen LogP contribution is 2.37. The molecule has 0 spiro atoms. The molecule has 0 bridgehead atoms. The highest BCUT2D eigenvalue weighted by Gasteiger charge is 2.32. The Morgan fingerprint density at radius 1 is 1.22 bits per heavy atom. The third kappa shape index (κ3) is 4.72. The monoisotopic (exact) mass is 523 g/mol. The number of carbonyl (C=O) groups excluding carboxylic acids is 1. The summed E-state index contributed by atoms with van der Waals surface area (Å²) in [5.74, 6) is 0.957. The number of fused-ring (bicyclic) bond motifs is 2. The lowest BCUT2D eigenvalue weighted by molar-refractivity contribution is -0.125. The summed E-state index contributed by atoms with van der Waals surface area (Å²) >= 11 is 8.15. The molecule has 1 fully saturated rings. The second-order valence-corrected chi connectivity index (χ2v) is 10.3. The van der Waals surface area contributed by atoms with E-state index in [2.05, 4.69) is 41.1 Å². The topological polar surface area (TPSA) is 61.8 Å². The van der Waals surface area contributed by atoms with Gasteiger partial charge in [0.05, 0.1) is 24.4 Å². The second kappa shape index (κ2) is 10.6. The Balaban J connectivity index is 1.43. The smallest absolute Gasteiger partial charge is 0.318 e. The van der Waals surface area contributed by atoms with Crippen LogP contribution in [0.4, 0.5) is 11.5 Å². The molecule has 5 rings (SSSR count). The van der Waals surface area contributed by atoms with Crippen molar-refractivity contribution in [3.05, 3.63) is 64.2 Å². The lowest BCUT2D eigenvalue weighted by atomic mass is 10.0. The first-order valence-electron chi connectivity index (χ1n) is 12.1. The van der Waals surface area contributed by atoms with Gasteiger partial charge in [0.25, 0.3) is 0 Å². The first-order chi connectivity index (χ1) is 17.5. The number of nitrogens with zero attached hydrogens (tertiary/aromatic N) is 5. The number of hydrogen-bond acceptors (Lipinski definition) is 7. The molecule has 1 saturated heterocycles. The van der Waals surface area contributed by atoms with Crippen LogP contribution in [0, 0.1) is 0 Å². The van der Waals surface area contributed by atoms with E-state index in [1.54, 1.807) is 13.2 Å². The zero-order chi connectivity index (χ0) is 25.2. The molecule has 3 aromatic rings. The Hall–Kier alpha value is -2.97. The van der Waals surface area contributed by atoms with Crippen LogP contribution >= 0.6 is 23.4 Å². The number of anilines is 2. The van der Waals surface area contributed by atoms with Gasteiger partial charge in [-0.3, -0.25) is 4.79 Å². The summed E-state index contributed by atoms with van der Waals surface area (Å²) in [6, 6.07) is 12.9. The predicted molar refractivity (Wildman–Crippen MR) is 148 cm³/mol. The van der Waals surface area contributed by atoms with Crippen LogP contribution in [0.25, 0.3) is 10.8 Å². The second-order valence-electron chi connectivity index (χ2n) is 9.12. The molecular formula is C27H30ClN5O2S. The van der Waals surface area contributed by atoms with E-state index in [0.717, 1.165) is 64.5 Å². The van der Waals surface area contributed by atoms with Gasteiger partial charge in [-0.25, -0.2) is 0 Å². The molecule has 1 amide bonds. The summed E-state index contributed by atoms with van der Waals surface area (Å²) in [4.78, 5) is 28.4. The quantitative estimate of drug-likeness (QED) is 0.431. The van der Waals surface area contributed by atoms with Gasteiger partial charge in [0, 0.05) is 55.4 Å². The molecule has 2 aromatic carbocycles. The lowest BCUT2D eigenvalue weighted by Gasteiger charge is -2.34. The van der Waals surface area contributed by atoms with Gasteiger partial charge in [-0.15, -0.1) is 11.8 Å². The molecule has 1 aromatic heterocycles. The average molecular weight is 524 g/mol. The molecule has 1 atom stereocenters. The molecular weight excluding hydrogens is 494 g/mol. The molecule has 1 unspecified atom stereocenters. The van der Waals surface area contributed by atoms with Gasteiger partial charge < -0.3 is 19.4 Å². The summed E-state index contributed by atoms with van der Waals surface area (Å²) in [5.41, 5.74) is 3.22. The van der Waals surface area contributed by atoms with Gasteiger partial charge in [0.2, 0.25) is 5.91 Å². The number of benzene rings is 2. The van der Waals surface area contributed by atoms with Crippen LogP contribution in [0.15, 0.2) is 47.9 Å². The Morgan fingerprint density at radius 2 is 2.03 bits per heavy atom. The van der Waals surface area contributed by atoms with Gasteiger partial charge >= 0.3 is 6.01 Å². The Bertz CT molecular complexity index is 1310. The van der Waals surface area contributed by atoms with Crippen molar-refractivity contribution in [2.24, 2.45) is 0 Å². The highest BCUT2D eigenvalue weighted by molar-refractivity contribution is 8.01. The molecule has 9 heteroatoms. The maximum absolute atomic E-state index is 12.5. The van der Waals surface area contributed by atoms with Crippen molar-refractivity contribution in [2.45, 2.75) is 25.4 Å². The standard InChI is InChI=1S/C27H30ClN5O2S/c1-31(19-10-13-33(16-19)24(34)12-15-36-3)26-20-11-14-32(17-22(20)29-27(30-26)35-2)23-9-5-7-18-6-4-8-21(28)25(18)23/h4-9,12,15,19H,10-11,13-14,16-17H2,1-3H3/b15-12+. The first kappa shape index (κ1) is 24.7. The molecule has 0 aliphatic carbocycles. The van der Waals surface area contributed by atoms with Gasteiger partial charge in [0.1, 0.15) is 5.82 Å². The number of rotatable bonds is 6. The Kier molecular flexibility index (Phi) is 7.25. The van der Waals surface area contributed by atoms with E-state index in [0.29, 0.717) is 19.1 Å². The summed E-state index contributed by atoms with van der Waals surface area (Å²) in [7, 11) is 3.67. The fraction of sp³-hybridized carbons (Fsp3) is 0.370. The number of thioether (sulfide) groups is 1. The minimum atomic E-state index is 0.0620. The highest BCUT2D eigenvalue weighted by atomic mass is 35.5. The molecule has 7 nitrogen and oxygen atoms in total. The van der Waals surface area contributed by atoms with Gasteiger partial charge in [-0.1, -0.05) is 35.9 Å². The largest absolute Gasteiger partial charge is 0.467 e. The van der Waals surface area contributed by atoms with Crippen molar-refractivity contribution in [3.8, 4) is 6.01 Å². The van der Waals surface area contributed by atoms with Crippen molar-refractivity contribution in [2.75, 3.05) is 49.8 Å². The third-order valence-corrected chi connectivity index (χ3v) is 7.80. The van der Waals surface area contributed by atoms with Crippen molar-refractivity contribution < 1.29 is 9.53 Å². The summed E-state index contributed by atoms with van der Waals surface area (Å²) in [5, 5.41) is 4.77. The minimum absolute atomic E-state index is 0.0620. The van der Waals surface area contributed by atoms with Crippen LogP contribution in [-0.4, -0.2) is 66.9 Å². The van der Waals surface area contributed by atoms with Crippen LogP contribution < -0.4 is 14.5 Å². The molecule has 3 heterocycles. The van der Waals surface area contributed by atoms with E-state index in [1.165, 1.54) is 11.8 Å². The lowest BCUT2D eigenvalue weighted by Crippen LogP contribution is -2.39. The van der Waals surface area contributed by atoms with Crippen LogP contribution in [0.2, 0.25) is 5.02 Å². The Morgan fingerprint density at radius 3 is 2.81 bits per heavy atom. The van der Waals surface area contributed by atoms with Gasteiger partial charge in [-0.05, 0) is 42.0 Å². The van der Waals surface area contributed by atoms with Crippen LogP contribution in [-0.2, 0) is 17.8 Å². The number of amides is 1. The minimum Gasteiger partial charge on any atom is -0.467 e. The molecule has 2 aliphatic rings. The number of likely N-dealkylation sites (tertiary alicyclic amines) is 1. The van der Waals surface area contributed by atoms with E-state index >= 15 is 0 Å². The Labute approximate surface area is 221 Å². The first-order valence-corrected chi connectivity index (χ1v) is 13.7. The van der Waals surface area contributed by atoms with E-state index in [9.17, 15) is 4.79 Å². The van der Waals surface area contributed by atoms with Crippen molar-refractivity contribution in [3.63, 3.8) is 0 Å². The SMILES string of the molecule is COc1nc2c(c(N(C)C3CCN(C(=O)/C=C/SC)C3)n1)CCN(c1cccc3cccc(Cl)c13)C2. The zero-order valence-corrected chi connectivity index (χ0v) is 22.3. The number of likely N-dealkylation sites (N-methyl/N-ethyl adjacent to an activating group) is 1. The maximum atomic E-state index is 12.5. The van der Waals surface area contributed by atoms with E-state index in [1.807, 2.05) is 28.7 Å². The van der Waals surface area contributed by atoms with Gasteiger partial charge in [0.15, 0.2) is 0 Å². The zero-order valence-electron chi connectivity index (χ0n) is 20.8. The number of hydrogen-bond donors (Lipinski definition) is 0. The summed E-state index contributed by atoms with van der Waals surface area (Å²) in [6.07, 6.45) is 5.31. The third-order valence-electron chi connectivity index (χ3n) is 7.08. The van der Waals surface area contributed by atoms with Crippen molar-refractivity contribution >= 4 is 51.5 Å². The van der Waals surface area contributed by atoms with Crippen molar-refractivity contribution in [1.29, 1.82) is 0 Å². The number of carbonyl (C=O) groups is 1. The molecule has 188 valence electrons. The van der Waals surface area contributed by atoms with E-state index < -0.39 is 0 Å². The molecule has 36 heavy (non-hydrogen) atoms. The molecule has 2 aliphatic heterocycles. The molecule has 0 saturated carbocycles. The van der Waals surface area contributed by atoms with Gasteiger partial charge in [-0.2, -0.15) is 9.97 Å².